The second-order valence-corrected chi connectivity index (χ2v) is 7.03. The average Bonchev–Trinajstić information content (AvgIpc) is 2.50. The van der Waals surface area contributed by atoms with Gasteiger partial charge in [-0.25, -0.2) is 9.44 Å². The smallest absolute Gasteiger partial charge is 0.276 e. The predicted octanol–water partition coefficient (Wildman–Crippen LogP) is 0.0289. The van der Waals surface area contributed by atoms with Crippen molar-refractivity contribution in [2.24, 2.45) is 0 Å². The van der Waals surface area contributed by atoms with Crippen LogP contribution in [0.5, 0.6) is 0 Å². The van der Waals surface area contributed by atoms with Crippen LogP contribution in [0.3, 0.4) is 0 Å². The zero-order valence-electron chi connectivity index (χ0n) is 12.6. The molecule has 0 saturated carbocycles. The summed E-state index contributed by atoms with van der Waals surface area (Å²) < 4.78 is 28.2. The van der Waals surface area contributed by atoms with Crippen molar-refractivity contribution in [3.8, 4) is 0 Å². The van der Waals surface area contributed by atoms with Crippen LogP contribution in [0.4, 0.5) is 0 Å². The lowest BCUT2D eigenvalue weighted by atomic mass is 10.0. The highest BCUT2D eigenvalue weighted by Crippen LogP contribution is 2.21. The number of nitrogens with one attached hydrogen (secondary N) is 2. The molecule has 0 aromatic heterocycles. The van der Waals surface area contributed by atoms with Crippen molar-refractivity contribution in [1.82, 2.24) is 19.2 Å². The molecule has 1 aromatic carbocycles. The van der Waals surface area contributed by atoms with Gasteiger partial charge in [-0.05, 0) is 12.6 Å². The van der Waals surface area contributed by atoms with Crippen LogP contribution in [0.15, 0.2) is 30.3 Å². The lowest BCUT2D eigenvalue weighted by Crippen LogP contribution is -2.49. The number of nitrogens with zero attached hydrogens (tertiary/aromatic N) is 2. The number of hydrogen-bond acceptors (Lipinski definition) is 4. The zero-order valence-corrected chi connectivity index (χ0v) is 13.4. The van der Waals surface area contributed by atoms with Crippen LogP contribution >= 0.6 is 0 Å². The Balaban J connectivity index is 2.11. The van der Waals surface area contributed by atoms with E-state index in [0.29, 0.717) is 6.54 Å². The Kier molecular flexibility index (Phi) is 5.72. The molecule has 6 nitrogen and oxygen atoms in total. The van der Waals surface area contributed by atoms with Crippen molar-refractivity contribution in [3.05, 3.63) is 35.9 Å². The molecule has 1 atom stereocenters. The maximum atomic E-state index is 11.6. The van der Waals surface area contributed by atoms with E-state index in [9.17, 15) is 8.42 Å². The van der Waals surface area contributed by atoms with Crippen molar-refractivity contribution < 1.29 is 8.42 Å². The summed E-state index contributed by atoms with van der Waals surface area (Å²) in [5.74, 6) is 0. The first-order valence-corrected chi connectivity index (χ1v) is 8.66. The summed E-state index contributed by atoms with van der Waals surface area (Å²) in [5.41, 5.74) is 1.14. The van der Waals surface area contributed by atoms with Gasteiger partial charge < -0.3 is 4.90 Å². The Hall–Kier alpha value is -0.990. The SMILES string of the molecule is CNS(=O)(=O)NCC(c1ccccc1)N1CCN(C)CC1. The van der Waals surface area contributed by atoms with Crippen LogP contribution in [0.25, 0.3) is 0 Å². The van der Waals surface area contributed by atoms with Crippen molar-refractivity contribution >= 4 is 10.2 Å². The van der Waals surface area contributed by atoms with E-state index >= 15 is 0 Å². The fourth-order valence-electron chi connectivity index (χ4n) is 2.53. The largest absolute Gasteiger partial charge is 0.304 e. The van der Waals surface area contributed by atoms with Crippen LogP contribution < -0.4 is 9.44 Å². The molecule has 1 unspecified atom stereocenters. The van der Waals surface area contributed by atoms with Gasteiger partial charge in [0.2, 0.25) is 0 Å². The summed E-state index contributed by atoms with van der Waals surface area (Å²) in [4.78, 5) is 4.63. The molecule has 2 N–H and O–H groups in total. The standard InChI is InChI=1S/C14H24N4O2S/c1-15-21(19,20)16-12-14(13-6-4-3-5-7-13)18-10-8-17(2)9-11-18/h3-7,14-16H,8-12H2,1-2H3. The first-order chi connectivity index (χ1) is 10.0. The molecule has 0 aliphatic carbocycles. The fourth-order valence-corrected chi connectivity index (χ4v) is 3.05. The van der Waals surface area contributed by atoms with E-state index in [-0.39, 0.29) is 6.04 Å². The third-order valence-corrected chi connectivity index (χ3v) is 4.98. The molecule has 0 radical (unpaired) electrons. The predicted molar refractivity (Wildman–Crippen MR) is 84.2 cm³/mol. The summed E-state index contributed by atoms with van der Waals surface area (Å²) >= 11 is 0. The maximum Gasteiger partial charge on any atom is 0.276 e. The minimum atomic E-state index is -3.41. The molecule has 1 aromatic rings. The Morgan fingerprint density at radius 1 is 1.14 bits per heavy atom. The number of benzene rings is 1. The third kappa shape index (κ3) is 4.76. The second-order valence-electron chi connectivity index (χ2n) is 5.32. The molecular weight excluding hydrogens is 288 g/mol. The molecular formula is C14H24N4O2S. The third-order valence-electron chi connectivity index (χ3n) is 3.90. The van der Waals surface area contributed by atoms with E-state index in [1.54, 1.807) is 0 Å². The monoisotopic (exact) mass is 312 g/mol. The molecule has 0 bridgehead atoms. The first-order valence-electron chi connectivity index (χ1n) is 7.17. The maximum absolute atomic E-state index is 11.6. The molecule has 1 fully saturated rings. The Labute approximate surface area is 127 Å². The topological polar surface area (TPSA) is 64.7 Å². The van der Waals surface area contributed by atoms with Gasteiger partial charge in [-0.2, -0.15) is 8.42 Å². The van der Waals surface area contributed by atoms with E-state index in [1.165, 1.54) is 7.05 Å². The summed E-state index contributed by atoms with van der Waals surface area (Å²) in [6, 6.07) is 10.1. The van der Waals surface area contributed by atoms with Gasteiger partial charge in [-0.15, -0.1) is 0 Å². The average molecular weight is 312 g/mol. The van der Waals surface area contributed by atoms with E-state index < -0.39 is 10.2 Å². The van der Waals surface area contributed by atoms with Gasteiger partial charge >= 0.3 is 0 Å². The molecule has 0 amide bonds. The van der Waals surface area contributed by atoms with Crippen LogP contribution in [0, 0.1) is 0 Å². The highest BCUT2D eigenvalue weighted by Gasteiger charge is 2.24. The lowest BCUT2D eigenvalue weighted by molar-refractivity contribution is 0.113. The van der Waals surface area contributed by atoms with Crippen LogP contribution in [0.2, 0.25) is 0 Å². The number of piperazine rings is 1. The molecule has 7 heteroatoms. The lowest BCUT2D eigenvalue weighted by Gasteiger charge is -2.38. The summed E-state index contributed by atoms with van der Waals surface area (Å²) in [7, 11) is 0.113. The highest BCUT2D eigenvalue weighted by molar-refractivity contribution is 7.87. The molecule has 118 valence electrons. The summed E-state index contributed by atoms with van der Waals surface area (Å²) in [6.07, 6.45) is 0. The summed E-state index contributed by atoms with van der Waals surface area (Å²) in [5, 5.41) is 0. The molecule has 0 spiro atoms. The van der Waals surface area contributed by atoms with Crippen molar-refractivity contribution in [3.63, 3.8) is 0 Å². The van der Waals surface area contributed by atoms with Gasteiger partial charge in [0.05, 0.1) is 0 Å². The molecule has 1 aliphatic rings. The van der Waals surface area contributed by atoms with Crippen LogP contribution in [-0.4, -0.2) is 65.0 Å². The Morgan fingerprint density at radius 3 is 2.33 bits per heavy atom. The molecule has 2 rings (SSSR count). The minimum absolute atomic E-state index is 0.0584. The van der Waals surface area contributed by atoms with E-state index in [2.05, 4.69) is 38.4 Å². The van der Waals surface area contributed by atoms with Gasteiger partial charge in [0, 0.05) is 45.8 Å². The molecule has 1 saturated heterocycles. The molecule has 21 heavy (non-hydrogen) atoms. The van der Waals surface area contributed by atoms with E-state index in [1.807, 2.05) is 18.2 Å². The number of likely N-dealkylation sites (N-methyl/N-ethyl adjacent to an activating group) is 1. The highest BCUT2D eigenvalue weighted by atomic mass is 32.2. The minimum Gasteiger partial charge on any atom is -0.304 e. The Morgan fingerprint density at radius 2 is 1.76 bits per heavy atom. The fraction of sp³-hybridized carbons (Fsp3) is 0.571. The van der Waals surface area contributed by atoms with Gasteiger partial charge in [0.25, 0.3) is 10.2 Å². The zero-order chi connectivity index (χ0) is 15.3. The van der Waals surface area contributed by atoms with Crippen molar-refractivity contribution in [1.29, 1.82) is 0 Å². The van der Waals surface area contributed by atoms with Crippen molar-refractivity contribution in [2.45, 2.75) is 6.04 Å². The number of rotatable bonds is 6. The summed E-state index contributed by atoms with van der Waals surface area (Å²) in [6.45, 7) is 4.26. The quantitative estimate of drug-likeness (QED) is 0.778. The van der Waals surface area contributed by atoms with Crippen molar-refractivity contribution in [2.75, 3.05) is 46.8 Å². The normalized spacial score (nSPS) is 19.5. The number of hydrogen-bond donors (Lipinski definition) is 2. The molecule has 1 heterocycles. The van der Waals surface area contributed by atoms with Crippen LogP contribution in [0.1, 0.15) is 11.6 Å². The van der Waals surface area contributed by atoms with Gasteiger partial charge in [0.15, 0.2) is 0 Å². The Bertz CT molecular complexity index is 527. The van der Waals surface area contributed by atoms with E-state index in [0.717, 1.165) is 31.7 Å². The van der Waals surface area contributed by atoms with Gasteiger partial charge in [-0.3, -0.25) is 4.90 Å². The second kappa shape index (κ2) is 7.33. The molecule has 1 aliphatic heterocycles. The van der Waals surface area contributed by atoms with Gasteiger partial charge in [0.1, 0.15) is 0 Å². The van der Waals surface area contributed by atoms with E-state index in [4.69, 9.17) is 0 Å². The first kappa shape index (κ1) is 16.4. The van der Waals surface area contributed by atoms with Crippen LogP contribution in [-0.2, 0) is 10.2 Å². The van der Waals surface area contributed by atoms with Gasteiger partial charge in [-0.1, -0.05) is 30.3 Å².